The van der Waals surface area contributed by atoms with Crippen LogP contribution in [0, 0.1) is 17.8 Å². The third-order valence-electron chi connectivity index (χ3n) is 3.54. The molecule has 4 atom stereocenters. The summed E-state index contributed by atoms with van der Waals surface area (Å²) in [7, 11) is 0. The molecule has 2 fully saturated rings. The summed E-state index contributed by atoms with van der Waals surface area (Å²) < 4.78 is 5.03. The maximum Gasteiger partial charge on any atom is 0.310 e. The first-order valence-corrected chi connectivity index (χ1v) is 5.16. The number of carbonyl (C=O) groups excluding carboxylic acids is 1. The van der Waals surface area contributed by atoms with Crippen molar-refractivity contribution in [2.45, 2.75) is 32.2 Å². The SMILES string of the molecule is CCOC(=O)C1C(N)C2CC[C@H]1C2. The van der Waals surface area contributed by atoms with Gasteiger partial charge in [0.15, 0.2) is 0 Å². The minimum absolute atomic E-state index is 0.00120. The molecule has 0 saturated heterocycles. The van der Waals surface area contributed by atoms with Crippen LogP contribution in [-0.4, -0.2) is 18.6 Å². The first-order chi connectivity index (χ1) is 6.24. The molecule has 2 aliphatic rings. The first kappa shape index (κ1) is 9.00. The Bertz CT molecular complexity index is 215. The second-order valence-electron chi connectivity index (χ2n) is 4.19. The number of esters is 1. The van der Waals surface area contributed by atoms with Crippen molar-refractivity contribution in [3.63, 3.8) is 0 Å². The molecular formula is C10H17NO2. The molecule has 0 radical (unpaired) electrons. The van der Waals surface area contributed by atoms with Gasteiger partial charge in [0, 0.05) is 6.04 Å². The first-order valence-electron chi connectivity index (χ1n) is 5.16. The van der Waals surface area contributed by atoms with Crippen LogP contribution in [0.15, 0.2) is 0 Å². The topological polar surface area (TPSA) is 52.3 Å². The van der Waals surface area contributed by atoms with Crippen molar-refractivity contribution in [3.8, 4) is 0 Å². The van der Waals surface area contributed by atoms with E-state index in [0.717, 1.165) is 6.42 Å². The molecule has 0 aromatic heterocycles. The van der Waals surface area contributed by atoms with E-state index in [2.05, 4.69) is 0 Å². The molecule has 3 unspecified atom stereocenters. The molecule has 0 aliphatic heterocycles. The van der Waals surface area contributed by atoms with Gasteiger partial charge in [-0.2, -0.15) is 0 Å². The van der Waals surface area contributed by atoms with E-state index in [9.17, 15) is 4.79 Å². The summed E-state index contributed by atoms with van der Waals surface area (Å²) in [6.07, 6.45) is 3.52. The zero-order chi connectivity index (χ0) is 9.42. The van der Waals surface area contributed by atoms with E-state index >= 15 is 0 Å². The van der Waals surface area contributed by atoms with Gasteiger partial charge in [-0.05, 0) is 38.0 Å². The summed E-state index contributed by atoms with van der Waals surface area (Å²) in [5.41, 5.74) is 5.99. The Labute approximate surface area is 78.6 Å². The Hall–Kier alpha value is -0.570. The number of ether oxygens (including phenoxy) is 1. The van der Waals surface area contributed by atoms with Crippen LogP contribution >= 0.6 is 0 Å². The molecule has 0 spiro atoms. The Kier molecular flexibility index (Phi) is 2.28. The summed E-state index contributed by atoms with van der Waals surface area (Å²) in [5, 5.41) is 0. The maximum atomic E-state index is 11.5. The Morgan fingerprint density at radius 2 is 2.15 bits per heavy atom. The molecule has 3 heteroatoms. The van der Waals surface area contributed by atoms with Crippen LogP contribution in [0.25, 0.3) is 0 Å². The van der Waals surface area contributed by atoms with Gasteiger partial charge in [0.1, 0.15) is 0 Å². The van der Waals surface area contributed by atoms with E-state index in [1.165, 1.54) is 12.8 Å². The Morgan fingerprint density at radius 1 is 1.46 bits per heavy atom. The quantitative estimate of drug-likeness (QED) is 0.648. The monoisotopic (exact) mass is 183 g/mol. The third-order valence-corrected chi connectivity index (χ3v) is 3.54. The van der Waals surface area contributed by atoms with Crippen LogP contribution in [0.4, 0.5) is 0 Å². The van der Waals surface area contributed by atoms with Crippen molar-refractivity contribution < 1.29 is 9.53 Å². The van der Waals surface area contributed by atoms with E-state index in [-0.39, 0.29) is 17.9 Å². The van der Waals surface area contributed by atoms with Crippen LogP contribution < -0.4 is 5.73 Å². The lowest BCUT2D eigenvalue weighted by Gasteiger charge is -2.25. The number of fused-ring (bicyclic) bond motifs is 2. The second-order valence-corrected chi connectivity index (χ2v) is 4.19. The fraction of sp³-hybridized carbons (Fsp3) is 0.900. The van der Waals surface area contributed by atoms with Gasteiger partial charge in [-0.25, -0.2) is 0 Å². The van der Waals surface area contributed by atoms with Crippen molar-refractivity contribution in [2.24, 2.45) is 23.5 Å². The van der Waals surface area contributed by atoms with Gasteiger partial charge >= 0.3 is 5.97 Å². The van der Waals surface area contributed by atoms with Gasteiger partial charge in [0.25, 0.3) is 0 Å². The highest BCUT2D eigenvalue weighted by molar-refractivity contribution is 5.74. The molecule has 0 amide bonds. The smallest absolute Gasteiger partial charge is 0.310 e. The van der Waals surface area contributed by atoms with E-state index < -0.39 is 0 Å². The molecule has 2 saturated carbocycles. The molecule has 74 valence electrons. The van der Waals surface area contributed by atoms with Crippen LogP contribution in [-0.2, 0) is 9.53 Å². The lowest BCUT2D eigenvalue weighted by Crippen LogP contribution is -2.41. The van der Waals surface area contributed by atoms with E-state index in [0.29, 0.717) is 18.4 Å². The Balaban J connectivity index is 2.03. The molecule has 2 rings (SSSR count). The van der Waals surface area contributed by atoms with Gasteiger partial charge in [-0.1, -0.05) is 0 Å². The predicted molar refractivity (Wildman–Crippen MR) is 48.9 cm³/mol. The van der Waals surface area contributed by atoms with Gasteiger partial charge < -0.3 is 10.5 Å². The minimum Gasteiger partial charge on any atom is -0.466 e. The average Bonchev–Trinajstić information content (AvgIpc) is 2.63. The molecule has 2 aliphatic carbocycles. The standard InChI is InChI=1S/C10H17NO2/c1-2-13-10(12)8-6-3-4-7(5-6)9(8)11/h6-9H,2-5,11H2,1H3/t6-,7?,8?,9?/m0/s1. The summed E-state index contributed by atoms with van der Waals surface area (Å²) >= 11 is 0. The largest absolute Gasteiger partial charge is 0.466 e. The number of hydrogen-bond acceptors (Lipinski definition) is 3. The lowest BCUT2D eigenvalue weighted by molar-refractivity contribution is -0.150. The highest BCUT2D eigenvalue weighted by atomic mass is 16.5. The molecular weight excluding hydrogens is 166 g/mol. The van der Waals surface area contributed by atoms with Crippen LogP contribution in [0.1, 0.15) is 26.2 Å². The molecule has 0 heterocycles. The van der Waals surface area contributed by atoms with E-state index in [4.69, 9.17) is 10.5 Å². The molecule has 0 aromatic carbocycles. The van der Waals surface area contributed by atoms with Crippen LogP contribution in [0.5, 0.6) is 0 Å². The van der Waals surface area contributed by atoms with Crippen molar-refractivity contribution >= 4 is 5.97 Å². The van der Waals surface area contributed by atoms with Crippen molar-refractivity contribution in [1.29, 1.82) is 0 Å². The van der Waals surface area contributed by atoms with Gasteiger partial charge in [-0.15, -0.1) is 0 Å². The normalized spacial score (nSPS) is 42.3. The lowest BCUT2D eigenvalue weighted by atomic mass is 9.85. The van der Waals surface area contributed by atoms with E-state index in [1.807, 2.05) is 6.92 Å². The zero-order valence-electron chi connectivity index (χ0n) is 8.03. The Morgan fingerprint density at radius 3 is 2.69 bits per heavy atom. The molecule has 3 nitrogen and oxygen atoms in total. The highest BCUT2D eigenvalue weighted by Gasteiger charge is 2.49. The third kappa shape index (κ3) is 1.35. The highest BCUT2D eigenvalue weighted by Crippen LogP contribution is 2.47. The summed E-state index contributed by atoms with van der Waals surface area (Å²) in [5.74, 6) is 1.03. The fourth-order valence-electron chi connectivity index (χ4n) is 2.92. The second kappa shape index (κ2) is 3.29. The maximum absolute atomic E-state index is 11.5. The zero-order valence-corrected chi connectivity index (χ0v) is 8.03. The van der Waals surface area contributed by atoms with E-state index in [1.54, 1.807) is 0 Å². The van der Waals surface area contributed by atoms with Gasteiger partial charge in [0.05, 0.1) is 12.5 Å². The van der Waals surface area contributed by atoms with Crippen LogP contribution in [0.2, 0.25) is 0 Å². The molecule has 2 bridgehead atoms. The summed E-state index contributed by atoms with van der Waals surface area (Å²) in [4.78, 5) is 11.5. The molecule has 0 aromatic rings. The predicted octanol–water partition coefficient (Wildman–Crippen LogP) is 0.923. The van der Waals surface area contributed by atoms with Gasteiger partial charge in [-0.3, -0.25) is 4.79 Å². The molecule has 2 N–H and O–H groups in total. The fourth-order valence-corrected chi connectivity index (χ4v) is 2.92. The number of rotatable bonds is 2. The van der Waals surface area contributed by atoms with Crippen molar-refractivity contribution in [3.05, 3.63) is 0 Å². The number of carbonyl (C=O) groups is 1. The summed E-state index contributed by atoms with van der Waals surface area (Å²) in [6.45, 7) is 2.32. The van der Waals surface area contributed by atoms with Crippen LogP contribution in [0.3, 0.4) is 0 Å². The molecule has 13 heavy (non-hydrogen) atoms. The van der Waals surface area contributed by atoms with Gasteiger partial charge in [0.2, 0.25) is 0 Å². The average molecular weight is 183 g/mol. The number of hydrogen-bond donors (Lipinski definition) is 1. The van der Waals surface area contributed by atoms with Crippen molar-refractivity contribution in [2.75, 3.05) is 6.61 Å². The minimum atomic E-state index is -0.0674. The van der Waals surface area contributed by atoms with Crippen molar-refractivity contribution in [1.82, 2.24) is 0 Å². The number of nitrogens with two attached hydrogens (primary N) is 1. The summed E-state index contributed by atoms with van der Waals surface area (Å²) in [6, 6.07) is 0.0674.